The Morgan fingerprint density at radius 1 is 0.396 bits per heavy atom. The van der Waals surface area contributed by atoms with Gasteiger partial charge in [0.25, 0.3) is 0 Å². The average Bonchev–Trinajstić information content (AvgIpc) is 3.12. The van der Waals surface area contributed by atoms with Crippen LogP contribution in [0.15, 0.2) is 152 Å². The molecule has 8 aromatic rings. The van der Waals surface area contributed by atoms with Crippen LogP contribution in [0.5, 0.6) is 17.2 Å². The summed E-state index contributed by atoms with van der Waals surface area (Å²) in [5.74, 6) is 1.93. The number of benzene rings is 6. The Bertz CT molecular complexity index is 2330. The topological polar surface area (TPSA) is 53.5 Å². The molecule has 8 rings (SSSR count). The summed E-state index contributed by atoms with van der Waals surface area (Å²) in [6.07, 6.45) is 0. The Morgan fingerprint density at radius 2 is 0.896 bits per heavy atom. The molecule has 0 N–H and O–H groups in total. The average molecular weight is 639 g/mol. The lowest BCUT2D eigenvalue weighted by Gasteiger charge is -2.18. The minimum absolute atomic E-state index is 0.626. The number of aromatic nitrogens is 2. The summed E-state index contributed by atoms with van der Waals surface area (Å²) >= 11 is -2.91. The van der Waals surface area contributed by atoms with Gasteiger partial charge in [-0.3, -0.25) is 0 Å². The van der Waals surface area contributed by atoms with Crippen LogP contribution in [-0.4, -0.2) is 25.1 Å². The van der Waals surface area contributed by atoms with Gasteiger partial charge in [0, 0.05) is 22.2 Å². The van der Waals surface area contributed by atoms with Crippen LogP contribution in [0.2, 0.25) is 0 Å². The lowest BCUT2D eigenvalue weighted by atomic mass is 9.98. The van der Waals surface area contributed by atoms with E-state index in [-0.39, 0.29) is 0 Å². The minimum Gasteiger partial charge on any atom is -0.577 e. The second-order valence-corrected chi connectivity index (χ2v) is 13.2. The maximum Gasteiger partial charge on any atom is 1.20 e. The molecule has 0 saturated carbocycles. The molecule has 0 bridgehead atoms. The van der Waals surface area contributed by atoms with Crippen molar-refractivity contribution in [1.29, 1.82) is 0 Å². The van der Waals surface area contributed by atoms with Crippen molar-refractivity contribution < 1.29 is 11.4 Å². The monoisotopic (exact) mass is 638 g/mol. The van der Waals surface area contributed by atoms with E-state index in [0.717, 1.165) is 49.5 Å². The van der Waals surface area contributed by atoms with Gasteiger partial charge in [-0.1, -0.05) is 109 Å². The van der Waals surface area contributed by atoms with Crippen molar-refractivity contribution in [3.63, 3.8) is 0 Å². The van der Waals surface area contributed by atoms with Crippen LogP contribution in [0.1, 0.15) is 11.4 Å². The summed E-state index contributed by atoms with van der Waals surface area (Å²) < 4.78 is 19.8. The molecule has 0 saturated heterocycles. The Labute approximate surface area is 284 Å². The summed E-state index contributed by atoms with van der Waals surface area (Å²) in [5, 5.41) is 4.17. The fraction of sp³-hybridized carbons (Fsp3) is 0.0476. The molecular formula is C42H31AlN2O3. The molecule has 5 nitrogen and oxygen atoms in total. The van der Waals surface area contributed by atoms with Crippen molar-refractivity contribution in [2.45, 2.75) is 13.8 Å². The standard InChI is InChI=1S/C22H16O.2C10H9NO.Al/c23-22-13-12-20-14-19(10-11-21(20)15-22)18-8-6-17(7-9-18)16-4-2-1-3-5-16;2*1-7-5-6-8-3-2-4-9(12)10(8)11-7;/h1-15,23H;2*2-6,12H,1H3;/q;;;+3/p-3. The zero-order valence-corrected chi connectivity index (χ0v) is 27.8. The molecule has 0 aliphatic heterocycles. The summed E-state index contributed by atoms with van der Waals surface area (Å²) in [6, 6.07) is 51.7. The molecule has 6 aromatic carbocycles. The van der Waals surface area contributed by atoms with Gasteiger partial charge < -0.3 is 11.4 Å². The second-order valence-electron chi connectivity index (χ2n) is 11.9. The third kappa shape index (κ3) is 6.20. The zero-order chi connectivity index (χ0) is 32.5. The molecule has 0 radical (unpaired) electrons. The van der Waals surface area contributed by atoms with E-state index in [4.69, 9.17) is 21.3 Å². The Hall–Kier alpha value is -5.67. The Balaban J connectivity index is 1.11. The van der Waals surface area contributed by atoms with Gasteiger partial charge in [0.05, 0.1) is 5.75 Å². The van der Waals surface area contributed by atoms with E-state index in [1.54, 1.807) is 0 Å². The molecule has 230 valence electrons. The van der Waals surface area contributed by atoms with Crippen molar-refractivity contribution in [3.05, 3.63) is 163 Å². The van der Waals surface area contributed by atoms with E-state index in [1.165, 1.54) is 16.7 Å². The highest BCUT2D eigenvalue weighted by Gasteiger charge is 2.45. The fourth-order valence-corrected chi connectivity index (χ4v) is 7.29. The van der Waals surface area contributed by atoms with Gasteiger partial charge in [-0.2, -0.15) is 0 Å². The van der Waals surface area contributed by atoms with Gasteiger partial charge in [0.15, 0.2) is 0 Å². The molecule has 6 heteroatoms. The van der Waals surface area contributed by atoms with Gasteiger partial charge in [-0.15, -0.1) is 0 Å². The van der Waals surface area contributed by atoms with Crippen LogP contribution in [0.3, 0.4) is 0 Å². The number of aryl methyl sites for hydroxylation is 2. The van der Waals surface area contributed by atoms with Crippen LogP contribution in [0, 0.1) is 13.8 Å². The number of fused-ring (bicyclic) bond motifs is 3. The molecular weight excluding hydrogens is 607 g/mol. The first kappa shape index (κ1) is 29.7. The van der Waals surface area contributed by atoms with Crippen molar-refractivity contribution >= 4 is 47.7 Å². The first-order chi connectivity index (χ1) is 23.6. The smallest absolute Gasteiger partial charge is 0.577 e. The van der Waals surface area contributed by atoms with Gasteiger partial charge in [-0.05, 0) is 89.3 Å². The van der Waals surface area contributed by atoms with Crippen LogP contribution >= 0.6 is 0 Å². The van der Waals surface area contributed by atoms with Crippen molar-refractivity contribution in [3.8, 4) is 39.5 Å². The molecule has 0 atom stereocenters. The van der Waals surface area contributed by atoms with Gasteiger partial charge >= 0.3 is 15.1 Å². The highest BCUT2D eigenvalue weighted by Crippen LogP contribution is 2.31. The van der Waals surface area contributed by atoms with Crippen molar-refractivity contribution in [1.82, 2.24) is 9.97 Å². The van der Waals surface area contributed by atoms with Gasteiger partial charge in [0.1, 0.15) is 22.5 Å². The number of rotatable bonds is 8. The first-order valence-corrected chi connectivity index (χ1v) is 17.4. The largest absolute Gasteiger partial charge is 1.20 e. The van der Waals surface area contributed by atoms with E-state index < -0.39 is 15.1 Å². The van der Waals surface area contributed by atoms with Crippen LogP contribution in [0.4, 0.5) is 0 Å². The SMILES string of the molecule is Cc1ccc2cccc([O][Al]([O]c3ccc4cc(-c5ccc(-c6ccccc6)cc5)ccc4c3)[O]c3cccc4ccc(C)nc34)c2n1. The highest BCUT2D eigenvalue weighted by atomic mass is 27.3. The molecule has 48 heavy (non-hydrogen) atoms. The van der Waals surface area contributed by atoms with Gasteiger partial charge in [-0.25, -0.2) is 9.97 Å². The Morgan fingerprint density at radius 3 is 1.52 bits per heavy atom. The maximum atomic E-state index is 6.60. The van der Waals surface area contributed by atoms with Crippen molar-refractivity contribution in [2.24, 2.45) is 0 Å². The predicted molar refractivity (Wildman–Crippen MR) is 195 cm³/mol. The number of hydrogen-bond donors (Lipinski definition) is 0. The molecule has 0 spiro atoms. The molecule has 2 aromatic heterocycles. The second kappa shape index (κ2) is 12.9. The molecule has 0 aliphatic rings. The normalized spacial score (nSPS) is 11.1. The summed E-state index contributed by atoms with van der Waals surface area (Å²) in [7, 11) is 0. The number of hydrogen-bond acceptors (Lipinski definition) is 5. The maximum absolute atomic E-state index is 6.60. The van der Waals surface area contributed by atoms with E-state index in [9.17, 15) is 0 Å². The predicted octanol–water partition coefficient (Wildman–Crippen LogP) is 10.4. The highest BCUT2D eigenvalue weighted by molar-refractivity contribution is 6.40. The number of para-hydroxylation sites is 2. The van der Waals surface area contributed by atoms with E-state index in [2.05, 4.69) is 84.9 Å². The van der Waals surface area contributed by atoms with Gasteiger partial charge in [0.2, 0.25) is 0 Å². The van der Waals surface area contributed by atoms with Crippen molar-refractivity contribution in [2.75, 3.05) is 0 Å². The summed E-state index contributed by atoms with van der Waals surface area (Å²) in [6.45, 7) is 3.95. The molecule has 0 amide bonds. The summed E-state index contributed by atoms with van der Waals surface area (Å²) in [5.41, 5.74) is 8.12. The van der Waals surface area contributed by atoms with Crippen LogP contribution in [0.25, 0.3) is 54.8 Å². The number of nitrogens with zero attached hydrogens (tertiary/aromatic N) is 2. The molecule has 0 fully saturated rings. The third-order valence-corrected chi connectivity index (χ3v) is 9.82. The van der Waals surface area contributed by atoms with E-state index >= 15 is 0 Å². The molecule has 2 heterocycles. The van der Waals surface area contributed by atoms with Crippen LogP contribution in [-0.2, 0) is 0 Å². The quantitative estimate of drug-likeness (QED) is 0.155. The first-order valence-electron chi connectivity index (χ1n) is 16.0. The van der Waals surface area contributed by atoms with E-state index in [1.807, 2.05) is 80.6 Å². The molecule has 0 aliphatic carbocycles. The Kier molecular flexibility index (Phi) is 7.96. The zero-order valence-electron chi connectivity index (χ0n) is 26.6. The lowest BCUT2D eigenvalue weighted by molar-refractivity contribution is 0.310. The third-order valence-electron chi connectivity index (χ3n) is 8.46. The number of pyridine rings is 2. The van der Waals surface area contributed by atoms with E-state index in [0.29, 0.717) is 17.2 Å². The summed E-state index contributed by atoms with van der Waals surface area (Å²) in [4.78, 5) is 9.54. The van der Waals surface area contributed by atoms with Crippen LogP contribution < -0.4 is 11.4 Å². The minimum atomic E-state index is -2.91. The molecule has 0 unspecified atom stereocenters. The fourth-order valence-electron chi connectivity index (χ4n) is 5.98. The lowest BCUT2D eigenvalue weighted by Crippen LogP contribution is -2.37.